The Kier molecular flexibility index (Phi) is 6.06. The second kappa shape index (κ2) is 7.09. The summed E-state index contributed by atoms with van der Waals surface area (Å²) in [6, 6.07) is 5.52. The lowest BCUT2D eigenvalue weighted by molar-refractivity contribution is 0.332. The summed E-state index contributed by atoms with van der Waals surface area (Å²) in [5, 5.41) is 0.641. The van der Waals surface area contributed by atoms with Crippen LogP contribution in [0.4, 0.5) is 0 Å². The molecule has 1 aromatic carbocycles. The molecule has 19 heavy (non-hydrogen) atoms. The third kappa shape index (κ3) is 6.24. The molecule has 7 heteroatoms. The van der Waals surface area contributed by atoms with Crippen molar-refractivity contribution in [1.29, 1.82) is 0 Å². The van der Waals surface area contributed by atoms with E-state index in [1.807, 2.05) is 24.1 Å². The molecule has 0 unspecified atom stereocenters. The first-order valence-electron chi connectivity index (χ1n) is 5.77. The van der Waals surface area contributed by atoms with Crippen molar-refractivity contribution in [2.45, 2.75) is 6.54 Å². The van der Waals surface area contributed by atoms with E-state index in [0.717, 1.165) is 17.6 Å². The fourth-order valence-corrected chi connectivity index (χ4v) is 2.27. The Labute approximate surface area is 119 Å². The number of nitrogens with one attached hydrogen (secondary N) is 1. The number of hydrogen-bond donors (Lipinski definition) is 1. The van der Waals surface area contributed by atoms with E-state index in [9.17, 15) is 8.42 Å². The van der Waals surface area contributed by atoms with E-state index in [0.29, 0.717) is 24.7 Å². The molecule has 0 heterocycles. The van der Waals surface area contributed by atoms with Crippen LogP contribution < -0.4 is 9.46 Å². The summed E-state index contributed by atoms with van der Waals surface area (Å²) in [4.78, 5) is 1.99. The summed E-state index contributed by atoms with van der Waals surface area (Å²) in [6.45, 7) is 1.63. The number of likely N-dealkylation sites (N-methyl/N-ethyl adjacent to an activating group) is 1. The number of halogens is 1. The van der Waals surface area contributed by atoms with Crippen LogP contribution in [0.5, 0.6) is 5.75 Å². The molecule has 0 amide bonds. The van der Waals surface area contributed by atoms with E-state index >= 15 is 0 Å². The molecule has 1 N–H and O–H groups in total. The van der Waals surface area contributed by atoms with Crippen molar-refractivity contribution in [1.82, 2.24) is 9.62 Å². The van der Waals surface area contributed by atoms with Crippen LogP contribution in [0.3, 0.4) is 0 Å². The minimum absolute atomic E-state index is 0.378. The molecule has 0 aliphatic heterocycles. The standard InChI is InChI=1S/C12H19ClN2O3S/c1-15(7-6-14-19(3,16)17)9-10-4-5-11(18-2)8-12(10)13/h4-5,8,14H,6-7,9H2,1-3H3. The maximum atomic E-state index is 10.9. The Morgan fingerprint density at radius 2 is 2.11 bits per heavy atom. The van der Waals surface area contributed by atoms with Crippen LogP contribution in [-0.4, -0.2) is 46.8 Å². The molecule has 0 bridgehead atoms. The van der Waals surface area contributed by atoms with Gasteiger partial charge in [0, 0.05) is 24.7 Å². The van der Waals surface area contributed by atoms with Crippen LogP contribution in [0, 0.1) is 0 Å². The summed E-state index contributed by atoms with van der Waals surface area (Å²) >= 11 is 6.14. The average molecular weight is 307 g/mol. The molecule has 0 fully saturated rings. The van der Waals surface area contributed by atoms with E-state index in [2.05, 4.69) is 4.72 Å². The molecule has 1 rings (SSSR count). The maximum absolute atomic E-state index is 10.9. The topological polar surface area (TPSA) is 58.6 Å². The van der Waals surface area contributed by atoms with Crippen LogP contribution in [0.25, 0.3) is 0 Å². The van der Waals surface area contributed by atoms with Gasteiger partial charge in [-0.1, -0.05) is 17.7 Å². The first kappa shape index (κ1) is 16.2. The summed E-state index contributed by atoms with van der Waals surface area (Å²) in [6.07, 6.45) is 1.15. The van der Waals surface area contributed by atoms with Crippen LogP contribution in [0.15, 0.2) is 18.2 Å². The minimum Gasteiger partial charge on any atom is -0.497 e. The Bertz CT molecular complexity index is 520. The molecule has 0 aromatic heterocycles. The van der Waals surface area contributed by atoms with E-state index in [1.165, 1.54) is 0 Å². The van der Waals surface area contributed by atoms with Crippen molar-refractivity contribution in [3.63, 3.8) is 0 Å². The van der Waals surface area contributed by atoms with Gasteiger partial charge >= 0.3 is 0 Å². The van der Waals surface area contributed by atoms with Crippen LogP contribution in [0.2, 0.25) is 5.02 Å². The van der Waals surface area contributed by atoms with E-state index < -0.39 is 10.0 Å². The molecular weight excluding hydrogens is 288 g/mol. The van der Waals surface area contributed by atoms with Gasteiger partial charge in [0.15, 0.2) is 0 Å². The van der Waals surface area contributed by atoms with Gasteiger partial charge in [-0.2, -0.15) is 0 Å². The highest BCUT2D eigenvalue weighted by atomic mass is 35.5. The lowest BCUT2D eigenvalue weighted by atomic mass is 10.2. The Balaban J connectivity index is 2.50. The van der Waals surface area contributed by atoms with Crippen molar-refractivity contribution < 1.29 is 13.2 Å². The summed E-state index contributed by atoms with van der Waals surface area (Å²) < 4.78 is 29.4. The van der Waals surface area contributed by atoms with Crippen LogP contribution in [-0.2, 0) is 16.6 Å². The first-order valence-corrected chi connectivity index (χ1v) is 8.04. The molecule has 5 nitrogen and oxygen atoms in total. The highest BCUT2D eigenvalue weighted by Gasteiger charge is 2.07. The molecular formula is C12H19ClN2O3S. The van der Waals surface area contributed by atoms with Gasteiger partial charge in [0.05, 0.1) is 13.4 Å². The third-order valence-corrected chi connectivity index (χ3v) is 3.64. The largest absolute Gasteiger partial charge is 0.497 e. The van der Waals surface area contributed by atoms with Crippen molar-refractivity contribution in [2.24, 2.45) is 0 Å². The van der Waals surface area contributed by atoms with Gasteiger partial charge in [-0.05, 0) is 24.7 Å². The summed E-state index contributed by atoms with van der Waals surface area (Å²) in [5.74, 6) is 0.718. The second-order valence-corrected chi connectivity index (χ2v) is 6.60. The van der Waals surface area contributed by atoms with Crippen LogP contribution in [0.1, 0.15) is 5.56 Å². The second-order valence-electron chi connectivity index (χ2n) is 4.36. The van der Waals surface area contributed by atoms with E-state index in [-0.39, 0.29) is 0 Å². The number of methoxy groups -OCH3 is 1. The highest BCUT2D eigenvalue weighted by molar-refractivity contribution is 7.88. The number of nitrogens with zero attached hydrogens (tertiary/aromatic N) is 1. The van der Waals surface area contributed by atoms with Gasteiger partial charge in [-0.3, -0.25) is 0 Å². The third-order valence-electron chi connectivity index (χ3n) is 2.56. The first-order chi connectivity index (χ1) is 8.81. The maximum Gasteiger partial charge on any atom is 0.208 e. The van der Waals surface area contributed by atoms with Gasteiger partial charge in [0.2, 0.25) is 10.0 Å². The molecule has 0 aliphatic rings. The predicted molar refractivity (Wildman–Crippen MR) is 77.2 cm³/mol. The Morgan fingerprint density at radius 3 is 2.63 bits per heavy atom. The number of hydrogen-bond acceptors (Lipinski definition) is 4. The van der Waals surface area contributed by atoms with Crippen molar-refractivity contribution in [3.8, 4) is 5.75 Å². The molecule has 108 valence electrons. The molecule has 1 aromatic rings. The fourth-order valence-electron chi connectivity index (χ4n) is 1.57. The average Bonchev–Trinajstić information content (AvgIpc) is 2.30. The number of ether oxygens (including phenoxy) is 1. The minimum atomic E-state index is -3.13. The van der Waals surface area contributed by atoms with Crippen molar-refractivity contribution in [2.75, 3.05) is 33.5 Å². The van der Waals surface area contributed by atoms with Crippen molar-refractivity contribution >= 4 is 21.6 Å². The molecule has 0 atom stereocenters. The van der Waals surface area contributed by atoms with Gasteiger partial charge < -0.3 is 9.64 Å². The SMILES string of the molecule is COc1ccc(CN(C)CCNS(C)(=O)=O)c(Cl)c1. The fraction of sp³-hybridized carbons (Fsp3) is 0.500. The number of benzene rings is 1. The van der Waals surface area contributed by atoms with E-state index in [1.54, 1.807) is 13.2 Å². The monoisotopic (exact) mass is 306 g/mol. The molecule has 0 spiro atoms. The number of rotatable bonds is 7. The molecule has 0 saturated heterocycles. The van der Waals surface area contributed by atoms with E-state index in [4.69, 9.17) is 16.3 Å². The highest BCUT2D eigenvalue weighted by Crippen LogP contribution is 2.23. The smallest absolute Gasteiger partial charge is 0.208 e. The van der Waals surface area contributed by atoms with Crippen molar-refractivity contribution in [3.05, 3.63) is 28.8 Å². The van der Waals surface area contributed by atoms with Gasteiger partial charge in [0.1, 0.15) is 5.75 Å². The van der Waals surface area contributed by atoms with Gasteiger partial charge in [-0.15, -0.1) is 0 Å². The zero-order valence-corrected chi connectivity index (χ0v) is 12.9. The molecule has 0 radical (unpaired) electrons. The molecule has 0 aliphatic carbocycles. The lowest BCUT2D eigenvalue weighted by Crippen LogP contribution is -2.32. The zero-order valence-electron chi connectivity index (χ0n) is 11.3. The van der Waals surface area contributed by atoms with Gasteiger partial charge in [0.25, 0.3) is 0 Å². The predicted octanol–water partition coefficient (Wildman–Crippen LogP) is 1.33. The summed E-state index contributed by atoms with van der Waals surface area (Å²) in [7, 11) is 0.370. The van der Waals surface area contributed by atoms with Gasteiger partial charge in [-0.25, -0.2) is 13.1 Å². The Hall–Kier alpha value is -0.820. The number of sulfonamides is 1. The van der Waals surface area contributed by atoms with Crippen LogP contribution >= 0.6 is 11.6 Å². The summed E-state index contributed by atoms with van der Waals surface area (Å²) in [5.41, 5.74) is 0.976. The zero-order chi connectivity index (χ0) is 14.5. The normalized spacial score (nSPS) is 11.8. The molecule has 0 saturated carbocycles. The lowest BCUT2D eigenvalue weighted by Gasteiger charge is -2.17. The quantitative estimate of drug-likeness (QED) is 0.825. The Morgan fingerprint density at radius 1 is 1.42 bits per heavy atom.